The zero-order chi connectivity index (χ0) is 13.7. The Morgan fingerprint density at radius 2 is 1.75 bits per heavy atom. The molecule has 1 amide bonds. The zero-order valence-electron chi connectivity index (χ0n) is 11.5. The van der Waals surface area contributed by atoms with E-state index in [-0.39, 0.29) is 11.7 Å². The van der Waals surface area contributed by atoms with E-state index in [0.717, 1.165) is 19.0 Å². The lowest BCUT2D eigenvalue weighted by atomic mass is 9.65. The first-order valence-electron chi connectivity index (χ1n) is 7.51. The fourth-order valence-corrected chi connectivity index (χ4v) is 4.49. The number of carbonyl (C=O) groups is 1. The fraction of sp³-hybridized carbons (Fsp3) is 0.562. The van der Waals surface area contributed by atoms with Crippen LogP contribution in [0.2, 0.25) is 0 Å². The zero-order valence-corrected chi connectivity index (χ0v) is 11.5. The normalized spacial score (nSPS) is 37.9. The molecule has 1 saturated carbocycles. The number of nitrogens with one attached hydrogen (secondary N) is 1. The molecule has 3 unspecified atom stereocenters. The summed E-state index contributed by atoms with van der Waals surface area (Å²) in [6.45, 7) is 3.56. The summed E-state index contributed by atoms with van der Waals surface area (Å²) in [6.07, 6.45) is 2.54. The van der Waals surface area contributed by atoms with Crippen molar-refractivity contribution in [1.82, 2.24) is 10.2 Å². The van der Waals surface area contributed by atoms with Gasteiger partial charge in [-0.1, -0.05) is 0 Å². The Hall–Kier alpha value is -1.55. The topological polar surface area (TPSA) is 52.6 Å². The highest BCUT2D eigenvalue weighted by Crippen LogP contribution is 2.43. The minimum absolute atomic E-state index is 0.00234. The van der Waals surface area contributed by atoms with Crippen molar-refractivity contribution in [3.63, 3.8) is 0 Å². The molecule has 2 N–H and O–H groups in total. The first-order chi connectivity index (χ1) is 9.69. The van der Waals surface area contributed by atoms with E-state index >= 15 is 0 Å². The number of phenolic OH excluding ortho intramolecular Hbond substituents is 1. The van der Waals surface area contributed by atoms with Crippen molar-refractivity contribution in [2.24, 2.45) is 17.8 Å². The molecule has 106 valence electrons. The van der Waals surface area contributed by atoms with Crippen LogP contribution >= 0.6 is 0 Å². The Morgan fingerprint density at radius 3 is 2.35 bits per heavy atom. The Morgan fingerprint density at radius 1 is 1.10 bits per heavy atom. The van der Waals surface area contributed by atoms with Gasteiger partial charge in [-0.2, -0.15) is 0 Å². The maximum Gasteiger partial charge on any atom is 0.251 e. The molecule has 4 bridgehead atoms. The summed E-state index contributed by atoms with van der Waals surface area (Å²) in [7, 11) is 0. The van der Waals surface area contributed by atoms with E-state index in [1.807, 2.05) is 0 Å². The Kier molecular flexibility index (Phi) is 2.74. The van der Waals surface area contributed by atoms with Crippen molar-refractivity contribution >= 4 is 5.91 Å². The van der Waals surface area contributed by atoms with Crippen LogP contribution in [0.4, 0.5) is 0 Å². The number of aromatic hydroxyl groups is 1. The third-order valence-corrected chi connectivity index (χ3v) is 5.22. The van der Waals surface area contributed by atoms with Crippen LogP contribution in [0.3, 0.4) is 0 Å². The molecule has 3 saturated heterocycles. The van der Waals surface area contributed by atoms with E-state index in [2.05, 4.69) is 10.2 Å². The molecule has 1 aromatic rings. The van der Waals surface area contributed by atoms with E-state index in [4.69, 9.17) is 0 Å². The van der Waals surface area contributed by atoms with E-state index in [1.54, 1.807) is 24.3 Å². The summed E-state index contributed by atoms with van der Waals surface area (Å²) >= 11 is 0. The standard InChI is InChI=1S/C16H20N2O2/c19-14-3-1-11(2-4-14)16(20)17-15-12-5-10-6-13(15)9-18(7-10)8-12/h1-4,10,12-13,15,19H,5-9H2,(H,17,20)/t10?,12-,13+,15?. The number of rotatable bonds is 2. The van der Waals surface area contributed by atoms with Crippen LogP contribution in [0.1, 0.15) is 23.2 Å². The fourth-order valence-electron chi connectivity index (χ4n) is 4.49. The van der Waals surface area contributed by atoms with Crippen LogP contribution < -0.4 is 5.32 Å². The maximum atomic E-state index is 12.3. The third-order valence-electron chi connectivity index (χ3n) is 5.22. The molecule has 1 aromatic carbocycles. The van der Waals surface area contributed by atoms with Gasteiger partial charge < -0.3 is 15.3 Å². The number of hydrogen-bond donors (Lipinski definition) is 2. The average molecular weight is 272 g/mol. The van der Waals surface area contributed by atoms with Crippen LogP contribution in [0.25, 0.3) is 0 Å². The summed E-state index contributed by atoms with van der Waals surface area (Å²) in [6, 6.07) is 6.84. The lowest BCUT2D eigenvalue weighted by molar-refractivity contribution is -0.0418. The molecule has 20 heavy (non-hydrogen) atoms. The molecule has 0 radical (unpaired) electrons. The largest absolute Gasteiger partial charge is 0.508 e. The van der Waals surface area contributed by atoms with Crippen molar-refractivity contribution in [2.75, 3.05) is 19.6 Å². The molecule has 4 fully saturated rings. The molecule has 4 heteroatoms. The average Bonchev–Trinajstić information content (AvgIpc) is 2.42. The van der Waals surface area contributed by atoms with Crippen LogP contribution in [-0.4, -0.2) is 41.6 Å². The number of carbonyl (C=O) groups excluding carboxylic acids is 1. The summed E-state index contributed by atoms with van der Waals surface area (Å²) in [5.41, 5.74) is 0.636. The van der Waals surface area contributed by atoms with Crippen LogP contribution in [0.5, 0.6) is 5.75 Å². The first kappa shape index (κ1) is 12.2. The maximum absolute atomic E-state index is 12.3. The first-order valence-corrected chi connectivity index (χ1v) is 7.51. The molecular weight excluding hydrogens is 252 g/mol. The molecule has 4 aliphatic rings. The third kappa shape index (κ3) is 1.99. The van der Waals surface area contributed by atoms with Crippen molar-refractivity contribution in [1.29, 1.82) is 0 Å². The van der Waals surface area contributed by atoms with Gasteiger partial charge in [0.15, 0.2) is 0 Å². The molecule has 0 aromatic heterocycles. The van der Waals surface area contributed by atoms with Gasteiger partial charge in [0, 0.05) is 31.2 Å². The smallest absolute Gasteiger partial charge is 0.251 e. The molecule has 3 aliphatic heterocycles. The van der Waals surface area contributed by atoms with E-state index in [1.165, 1.54) is 19.4 Å². The number of benzene rings is 1. The highest BCUT2D eigenvalue weighted by Gasteiger charge is 2.47. The number of piperidine rings is 3. The number of nitrogens with zero attached hydrogens (tertiary/aromatic N) is 1. The van der Waals surface area contributed by atoms with Crippen LogP contribution in [-0.2, 0) is 0 Å². The molecule has 5 rings (SSSR count). The summed E-state index contributed by atoms with van der Waals surface area (Å²) in [4.78, 5) is 14.9. The second kappa shape index (κ2) is 4.48. The van der Waals surface area contributed by atoms with Crippen LogP contribution in [0, 0.1) is 17.8 Å². The molecule has 3 heterocycles. The predicted molar refractivity (Wildman–Crippen MR) is 75.5 cm³/mol. The monoisotopic (exact) mass is 272 g/mol. The summed E-state index contributed by atoms with van der Waals surface area (Å²) < 4.78 is 0. The molecule has 4 nitrogen and oxygen atoms in total. The minimum Gasteiger partial charge on any atom is -0.508 e. The van der Waals surface area contributed by atoms with Gasteiger partial charge in [-0.3, -0.25) is 4.79 Å². The second-order valence-electron chi connectivity index (χ2n) is 6.62. The lowest BCUT2D eigenvalue weighted by Gasteiger charge is -2.55. The van der Waals surface area contributed by atoms with E-state index in [0.29, 0.717) is 23.4 Å². The second-order valence-corrected chi connectivity index (χ2v) is 6.62. The lowest BCUT2D eigenvalue weighted by Crippen LogP contribution is -2.64. The Bertz CT molecular complexity index is 498. The minimum atomic E-state index is -0.00234. The van der Waals surface area contributed by atoms with Gasteiger partial charge in [0.2, 0.25) is 0 Å². The van der Waals surface area contributed by atoms with Crippen molar-refractivity contribution in [3.05, 3.63) is 29.8 Å². The molecule has 5 atom stereocenters. The molecule has 0 spiro atoms. The van der Waals surface area contributed by atoms with Gasteiger partial charge in [-0.25, -0.2) is 0 Å². The van der Waals surface area contributed by atoms with Gasteiger partial charge in [0.1, 0.15) is 5.75 Å². The molecule has 1 aliphatic carbocycles. The number of phenols is 1. The van der Waals surface area contributed by atoms with Crippen molar-refractivity contribution < 1.29 is 9.90 Å². The Balaban J connectivity index is 1.49. The van der Waals surface area contributed by atoms with Gasteiger partial charge in [0.25, 0.3) is 5.91 Å². The van der Waals surface area contributed by atoms with Crippen LogP contribution in [0.15, 0.2) is 24.3 Å². The van der Waals surface area contributed by atoms with E-state index in [9.17, 15) is 9.90 Å². The van der Waals surface area contributed by atoms with Gasteiger partial charge >= 0.3 is 0 Å². The predicted octanol–water partition coefficient (Wildman–Crippen LogP) is 1.46. The van der Waals surface area contributed by atoms with Gasteiger partial charge in [-0.05, 0) is 54.9 Å². The van der Waals surface area contributed by atoms with Crippen molar-refractivity contribution in [2.45, 2.75) is 18.9 Å². The summed E-state index contributed by atoms with van der Waals surface area (Å²) in [5.74, 6) is 2.31. The highest BCUT2D eigenvalue weighted by molar-refractivity contribution is 5.94. The van der Waals surface area contributed by atoms with Gasteiger partial charge in [-0.15, -0.1) is 0 Å². The highest BCUT2D eigenvalue weighted by atomic mass is 16.3. The van der Waals surface area contributed by atoms with Gasteiger partial charge in [0.05, 0.1) is 0 Å². The number of amides is 1. The Labute approximate surface area is 118 Å². The number of hydrogen-bond acceptors (Lipinski definition) is 3. The quantitative estimate of drug-likeness (QED) is 0.857. The van der Waals surface area contributed by atoms with Crippen molar-refractivity contribution in [3.8, 4) is 5.75 Å². The molecular formula is C16H20N2O2. The summed E-state index contributed by atoms with van der Waals surface area (Å²) in [5, 5.41) is 12.5. The van der Waals surface area contributed by atoms with E-state index < -0.39 is 0 Å². The SMILES string of the molecule is O=C(NC1[C@@H]2CC3C[C@H]1CN(C3)C2)c1ccc(O)cc1.